The van der Waals surface area contributed by atoms with Gasteiger partial charge in [0.2, 0.25) is 0 Å². The minimum atomic E-state index is 0.0863. The van der Waals surface area contributed by atoms with Crippen LogP contribution in [0.2, 0.25) is 0 Å². The summed E-state index contributed by atoms with van der Waals surface area (Å²) in [6, 6.07) is 15.4. The van der Waals surface area contributed by atoms with Crippen molar-refractivity contribution in [2.45, 2.75) is 5.92 Å². The van der Waals surface area contributed by atoms with Gasteiger partial charge in [-0.15, -0.1) is 0 Å². The molecule has 0 fully saturated rings. The maximum Gasteiger partial charge on any atom is 0.122 e. The average molecular weight is 287 g/mol. The van der Waals surface area contributed by atoms with Crippen LogP contribution in [0.4, 0.5) is 0 Å². The molecule has 0 bridgehead atoms. The molecule has 4 heteroatoms. The Morgan fingerprint density at radius 1 is 0.905 bits per heavy atom. The number of benzene rings is 2. The van der Waals surface area contributed by atoms with Crippen molar-refractivity contribution in [1.82, 2.24) is 0 Å². The van der Waals surface area contributed by atoms with E-state index >= 15 is 0 Å². The van der Waals surface area contributed by atoms with Crippen LogP contribution in [0.3, 0.4) is 0 Å². The van der Waals surface area contributed by atoms with Gasteiger partial charge in [0.05, 0.1) is 20.8 Å². The predicted molar refractivity (Wildman–Crippen MR) is 83.3 cm³/mol. The maximum atomic E-state index is 5.88. The zero-order valence-electron chi connectivity index (χ0n) is 12.4. The van der Waals surface area contributed by atoms with E-state index in [-0.39, 0.29) is 5.92 Å². The van der Waals surface area contributed by atoms with Gasteiger partial charge in [0.15, 0.2) is 0 Å². The van der Waals surface area contributed by atoms with Gasteiger partial charge in [-0.25, -0.2) is 0 Å². The molecule has 0 aliphatic rings. The zero-order valence-corrected chi connectivity index (χ0v) is 12.4. The summed E-state index contributed by atoms with van der Waals surface area (Å²) in [6.07, 6.45) is 0. The van der Waals surface area contributed by atoms with Crippen LogP contribution in [0.5, 0.6) is 17.2 Å². The topological polar surface area (TPSA) is 53.7 Å². The number of para-hydroxylation sites is 1. The Balaban J connectivity index is 2.05. The van der Waals surface area contributed by atoms with Crippen molar-refractivity contribution in [1.29, 1.82) is 0 Å². The van der Waals surface area contributed by atoms with Crippen LogP contribution in [0.15, 0.2) is 48.5 Å². The summed E-state index contributed by atoms with van der Waals surface area (Å²) in [4.78, 5) is 0. The van der Waals surface area contributed by atoms with E-state index in [2.05, 4.69) is 0 Å². The maximum absolute atomic E-state index is 5.88. The predicted octanol–water partition coefficient (Wildman–Crippen LogP) is 2.83. The molecule has 21 heavy (non-hydrogen) atoms. The Morgan fingerprint density at radius 2 is 1.57 bits per heavy atom. The highest BCUT2D eigenvalue weighted by Crippen LogP contribution is 2.27. The number of methoxy groups -OCH3 is 2. The van der Waals surface area contributed by atoms with Crippen LogP contribution in [0.1, 0.15) is 11.5 Å². The van der Waals surface area contributed by atoms with Crippen LogP contribution < -0.4 is 19.9 Å². The van der Waals surface area contributed by atoms with E-state index in [0.29, 0.717) is 13.2 Å². The van der Waals surface area contributed by atoms with E-state index in [4.69, 9.17) is 19.9 Å². The molecule has 2 N–H and O–H groups in total. The third kappa shape index (κ3) is 3.89. The summed E-state index contributed by atoms with van der Waals surface area (Å²) in [5, 5.41) is 0. The van der Waals surface area contributed by atoms with Gasteiger partial charge in [-0.1, -0.05) is 18.2 Å². The van der Waals surface area contributed by atoms with Gasteiger partial charge in [0.25, 0.3) is 0 Å². The molecule has 2 rings (SSSR count). The molecule has 0 aliphatic heterocycles. The first-order valence-corrected chi connectivity index (χ1v) is 6.88. The van der Waals surface area contributed by atoms with Crippen molar-refractivity contribution >= 4 is 0 Å². The molecule has 0 amide bonds. The highest BCUT2D eigenvalue weighted by molar-refractivity contribution is 5.37. The van der Waals surface area contributed by atoms with Crippen LogP contribution in [-0.4, -0.2) is 27.4 Å². The normalized spacial score (nSPS) is 11.8. The molecular formula is C17H21NO3. The lowest BCUT2D eigenvalue weighted by atomic mass is 9.99. The number of nitrogens with two attached hydrogens (primary N) is 1. The molecule has 2 aromatic carbocycles. The lowest BCUT2D eigenvalue weighted by Gasteiger charge is -2.19. The first kappa shape index (κ1) is 15.2. The Labute approximate surface area is 125 Å². The van der Waals surface area contributed by atoms with Gasteiger partial charge in [0.1, 0.15) is 17.2 Å². The lowest BCUT2D eigenvalue weighted by molar-refractivity contribution is 0.286. The first-order valence-electron chi connectivity index (χ1n) is 6.88. The monoisotopic (exact) mass is 287 g/mol. The van der Waals surface area contributed by atoms with E-state index in [9.17, 15) is 0 Å². The van der Waals surface area contributed by atoms with Crippen molar-refractivity contribution in [2.75, 3.05) is 27.4 Å². The Morgan fingerprint density at radius 3 is 2.19 bits per heavy atom. The zero-order chi connectivity index (χ0) is 15.1. The second kappa shape index (κ2) is 7.55. The Bertz CT molecular complexity index is 554. The van der Waals surface area contributed by atoms with Crippen LogP contribution in [-0.2, 0) is 0 Å². The van der Waals surface area contributed by atoms with E-state index in [1.165, 1.54) is 0 Å². The van der Waals surface area contributed by atoms with E-state index < -0.39 is 0 Å². The van der Waals surface area contributed by atoms with Crippen molar-refractivity contribution < 1.29 is 14.2 Å². The van der Waals surface area contributed by atoms with Gasteiger partial charge in [0, 0.05) is 18.0 Å². The van der Waals surface area contributed by atoms with Crippen molar-refractivity contribution in [3.05, 3.63) is 54.1 Å². The van der Waals surface area contributed by atoms with E-state index in [1.807, 2.05) is 48.5 Å². The highest BCUT2D eigenvalue weighted by atomic mass is 16.5. The summed E-state index contributed by atoms with van der Waals surface area (Å²) in [6.45, 7) is 1.000. The van der Waals surface area contributed by atoms with Gasteiger partial charge in [-0.2, -0.15) is 0 Å². The third-order valence-corrected chi connectivity index (χ3v) is 3.37. The average Bonchev–Trinajstić information content (AvgIpc) is 2.56. The van der Waals surface area contributed by atoms with Crippen LogP contribution >= 0.6 is 0 Å². The molecule has 0 aromatic heterocycles. The van der Waals surface area contributed by atoms with Crippen molar-refractivity contribution in [3.8, 4) is 17.2 Å². The summed E-state index contributed by atoms with van der Waals surface area (Å²) >= 11 is 0. The van der Waals surface area contributed by atoms with Crippen molar-refractivity contribution in [2.24, 2.45) is 5.73 Å². The fourth-order valence-corrected chi connectivity index (χ4v) is 2.16. The third-order valence-electron chi connectivity index (χ3n) is 3.37. The second-order valence-electron chi connectivity index (χ2n) is 4.66. The molecule has 0 saturated carbocycles. The van der Waals surface area contributed by atoms with Crippen molar-refractivity contribution in [3.63, 3.8) is 0 Å². The largest absolute Gasteiger partial charge is 0.497 e. The summed E-state index contributed by atoms with van der Waals surface area (Å²) in [5.41, 5.74) is 6.95. The van der Waals surface area contributed by atoms with Crippen LogP contribution in [0.25, 0.3) is 0 Å². The molecule has 112 valence electrons. The molecule has 0 heterocycles. The number of hydrogen-bond donors (Lipinski definition) is 1. The summed E-state index contributed by atoms with van der Waals surface area (Å²) in [5.74, 6) is 2.53. The Hall–Kier alpha value is -2.20. The van der Waals surface area contributed by atoms with Gasteiger partial charge in [-0.3, -0.25) is 0 Å². The number of hydrogen-bond acceptors (Lipinski definition) is 4. The lowest BCUT2D eigenvalue weighted by Crippen LogP contribution is -2.20. The highest BCUT2D eigenvalue weighted by Gasteiger charge is 2.15. The quantitative estimate of drug-likeness (QED) is 0.851. The van der Waals surface area contributed by atoms with Gasteiger partial charge < -0.3 is 19.9 Å². The molecule has 0 saturated heterocycles. The molecule has 2 aromatic rings. The van der Waals surface area contributed by atoms with E-state index in [1.54, 1.807) is 14.2 Å². The fraction of sp³-hybridized carbons (Fsp3) is 0.294. The second-order valence-corrected chi connectivity index (χ2v) is 4.66. The molecule has 1 unspecified atom stereocenters. The fourth-order valence-electron chi connectivity index (χ4n) is 2.16. The molecule has 0 radical (unpaired) electrons. The summed E-state index contributed by atoms with van der Waals surface area (Å²) < 4.78 is 16.3. The minimum absolute atomic E-state index is 0.0863. The van der Waals surface area contributed by atoms with Crippen LogP contribution in [0, 0.1) is 0 Å². The molecule has 4 nitrogen and oxygen atoms in total. The molecule has 0 aliphatic carbocycles. The number of rotatable bonds is 7. The SMILES string of the molecule is COc1ccc(OCC(CN)c2ccccc2OC)cc1. The van der Waals surface area contributed by atoms with Gasteiger partial charge in [-0.05, 0) is 30.3 Å². The summed E-state index contributed by atoms with van der Waals surface area (Å²) in [7, 11) is 3.30. The molecule has 1 atom stereocenters. The van der Waals surface area contributed by atoms with E-state index in [0.717, 1.165) is 22.8 Å². The molecule has 0 spiro atoms. The number of ether oxygens (including phenoxy) is 3. The molecular weight excluding hydrogens is 266 g/mol. The standard InChI is InChI=1S/C17H21NO3/c1-19-14-7-9-15(10-8-14)21-12-13(11-18)16-5-3-4-6-17(16)20-2/h3-10,13H,11-12,18H2,1-2H3. The smallest absolute Gasteiger partial charge is 0.122 e. The minimum Gasteiger partial charge on any atom is -0.497 e. The first-order chi connectivity index (χ1) is 10.3. The Kier molecular flexibility index (Phi) is 5.46. The van der Waals surface area contributed by atoms with Gasteiger partial charge >= 0.3 is 0 Å².